The van der Waals surface area contributed by atoms with Gasteiger partial charge in [-0.15, -0.1) is 0 Å². The Bertz CT molecular complexity index is 793. The van der Waals surface area contributed by atoms with Crippen LogP contribution in [-0.4, -0.2) is 41.4 Å². The second-order valence-electron chi connectivity index (χ2n) is 5.67. The molecule has 0 aliphatic carbocycles. The molecule has 0 radical (unpaired) electrons. The summed E-state index contributed by atoms with van der Waals surface area (Å²) in [6, 6.07) is 5.69. The normalized spacial score (nSPS) is 17.3. The summed E-state index contributed by atoms with van der Waals surface area (Å²) in [6.45, 7) is 3.40. The molecule has 1 saturated heterocycles. The van der Waals surface area contributed by atoms with Crippen LogP contribution >= 0.6 is 12.2 Å². The van der Waals surface area contributed by atoms with E-state index in [9.17, 15) is 0 Å². The smallest absolute Gasteiger partial charge is 0.216 e. The number of aromatic amines is 1. The number of rotatable bonds is 7. The van der Waals surface area contributed by atoms with Crippen molar-refractivity contribution in [3.05, 3.63) is 34.4 Å². The van der Waals surface area contributed by atoms with Crippen LogP contribution in [0.5, 0.6) is 11.5 Å². The molecular weight excluding hydrogens is 340 g/mol. The lowest BCUT2D eigenvalue weighted by Gasteiger charge is -2.12. The third-order valence-electron chi connectivity index (χ3n) is 3.89. The summed E-state index contributed by atoms with van der Waals surface area (Å²) in [4.78, 5) is 0. The summed E-state index contributed by atoms with van der Waals surface area (Å²) in [5, 5.41) is 11.6. The molecule has 1 aliphatic rings. The summed E-state index contributed by atoms with van der Waals surface area (Å²) in [5.74, 6) is 2.04. The van der Waals surface area contributed by atoms with Gasteiger partial charge in [0.15, 0.2) is 17.3 Å². The number of hydrogen-bond donors (Lipinski definition) is 1. The van der Waals surface area contributed by atoms with Crippen molar-refractivity contribution in [3.8, 4) is 11.5 Å². The maximum Gasteiger partial charge on any atom is 0.216 e. The van der Waals surface area contributed by atoms with E-state index in [4.69, 9.17) is 26.4 Å². The predicted octanol–water partition coefficient (Wildman–Crippen LogP) is 3.47. The van der Waals surface area contributed by atoms with Gasteiger partial charge < -0.3 is 14.2 Å². The molecule has 1 atom stereocenters. The Labute approximate surface area is 151 Å². The maximum absolute atomic E-state index is 5.84. The third kappa shape index (κ3) is 3.91. The van der Waals surface area contributed by atoms with Crippen LogP contribution in [0.1, 0.15) is 43.7 Å². The van der Waals surface area contributed by atoms with Gasteiger partial charge in [-0.2, -0.15) is 14.9 Å². The van der Waals surface area contributed by atoms with E-state index in [2.05, 4.69) is 22.2 Å². The molecule has 1 aliphatic heterocycles. The van der Waals surface area contributed by atoms with Gasteiger partial charge in [0, 0.05) is 12.2 Å². The average molecular weight is 362 g/mol. The lowest BCUT2D eigenvalue weighted by atomic mass is 10.2. The van der Waals surface area contributed by atoms with Crippen LogP contribution in [0.4, 0.5) is 0 Å². The first-order valence-electron chi connectivity index (χ1n) is 8.37. The zero-order valence-corrected chi connectivity index (χ0v) is 15.2. The van der Waals surface area contributed by atoms with E-state index in [1.54, 1.807) is 18.0 Å². The number of nitrogens with one attached hydrogen (secondary N) is 1. The molecule has 1 aromatic heterocycles. The first-order chi connectivity index (χ1) is 12.2. The first-order valence-corrected chi connectivity index (χ1v) is 8.78. The van der Waals surface area contributed by atoms with Crippen molar-refractivity contribution in [2.24, 2.45) is 5.10 Å². The van der Waals surface area contributed by atoms with Gasteiger partial charge in [0.05, 0.1) is 19.9 Å². The summed E-state index contributed by atoms with van der Waals surface area (Å²) >= 11 is 5.29. The lowest BCUT2D eigenvalue weighted by molar-refractivity contribution is 0.102. The van der Waals surface area contributed by atoms with Gasteiger partial charge in [-0.1, -0.05) is 13.0 Å². The number of aromatic nitrogens is 3. The molecule has 1 N–H and O–H groups in total. The van der Waals surface area contributed by atoms with Crippen LogP contribution < -0.4 is 9.47 Å². The van der Waals surface area contributed by atoms with E-state index in [0.717, 1.165) is 31.4 Å². The van der Waals surface area contributed by atoms with Gasteiger partial charge in [0.1, 0.15) is 6.10 Å². The van der Waals surface area contributed by atoms with Crippen molar-refractivity contribution in [1.29, 1.82) is 0 Å². The van der Waals surface area contributed by atoms with Crippen LogP contribution in [-0.2, 0) is 4.74 Å². The Hall–Kier alpha value is -2.19. The number of methoxy groups -OCH3 is 1. The van der Waals surface area contributed by atoms with Crippen LogP contribution in [0.25, 0.3) is 0 Å². The van der Waals surface area contributed by atoms with E-state index in [1.165, 1.54) is 0 Å². The van der Waals surface area contributed by atoms with Gasteiger partial charge in [-0.25, -0.2) is 0 Å². The van der Waals surface area contributed by atoms with Crippen LogP contribution in [0.15, 0.2) is 23.3 Å². The Kier molecular flexibility index (Phi) is 5.83. The van der Waals surface area contributed by atoms with Crippen molar-refractivity contribution in [2.75, 3.05) is 20.3 Å². The highest BCUT2D eigenvalue weighted by Crippen LogP contribution is 2.31. The Balaban J connectivity index is 1.92. The summed E-state index contributed by atoms with van der Waals surface area (Å²) < 4.78 is 19.0. The molecule has 8 heteroatoms. The van der Waals surface area contributed by atoms with Gasteiger partial charge in [0.25, 0.3) is 0 Å². The maximum atomic E-state index is 5.84. The molecule has 0 bridgehead atoms. The fourth-order valence-electron chi connectivity index (χ4n) is 2.68. The lowest BCUT2D eigenvalue weighted by Crippen LogP contribution is -2.06. The average Bonchev–Trinajstić information content (AvgIpc) is 3.28. The monoisotopic (exact) mass is 362 g/mol. The van der Waals surface area contributed by atoms with Crippen molar-refractivity contribution in [3.63, 3.8) is 0 Å². The number of para-hydroxylation sites is 1. The van der Waals surface area contributed by atoms with E-state index < -0.39 is 0 Å². The van der Waals surface area contributed by atoms with E-state index in [1.807, 2.05) is 18.2 Å². The van der Waals surface area contributed by atoms with Crippen molar-refractivity contribution in [2.45, 2.75) is 32.3 Å². The molecule has 1 aromatic carbocycles. The molecule has 0 spiro atoms. The van der Waals surface area contributed by atoms with Gasteiger partial charge in [-0.05, 0) is 43.6 Å². The summed E-state index contributed by atoms with van der Waals surface area (Å²) in [7, 11) is 1.62. The highest BCUT2D eigenvalue weighted by atomic mass is 32.1. The van der Waals surface area contributed by atoms with Crippen LogP contribution in [0, 0.1) is 4.77 Å². The summed E-state index contributed by atoms with van der Waals surface area (Å²) in [5.41, 5.74) is 0.814. The number of ether oxygens (including phenoxy) is 3. The largest absolute Gasteiger partial charge is 0.493 e. The minimum Gasteiger partial charge on any atom is -0.493 e. The van der Waals surface area contributed by atoms with E-state index >= 15 is 0 Å². The topological polar surface area (TPSA) is 73.7 Å². The molecule has 0 saturated carbocycles. The minimum absolute atomic E-state index is 0.0776. The zero-order chi connectivity index (χ0) is 17.6. The minimum atomic E-state index is -0.0776. The standard InChI is InChI=1S/C17H22N4O3S/c1-3-9-24-15-12(6-4-7-13(15)22-2)11-18-21-16(19-20-17(21)25)14-8-5-10-23-14/h4,6-7,11,14H,3,5,8-10H2,1-2H3,(H,20,25)/b18-11-. The van der Waals surface area contributed by atoms with E-state index in [0.29, 0.717) is 28.7 Å². The van der Waals surface area contributed by atoms with Gasteiger partial charge in [0.2, 0.25) is 4.77 Å². The van der Waals surface area contributed by atoms with Crippen molar-refractivity contribution < 1.29 is 14.2 Å². The molecule has 1 unspecified atom stereocenters. The first kappa shape index (κ1) is 17.6. The molecule has 3 rings (SSSR count). The molecule has 7 nitrogen and oxygen atoms in total. The fourth-order valence-corrected chi connectivity index (χ4v) is 2.87. The number of hydrogen-bond acceptors (Lipinski definition) is 6. The summed E-state index contributed by atoms with van der Waals surface area (Å²) in [6.07, 6.45) is 4.46. The molecule has 1 fully saturated rings. The Morgan fingerprint density at radius 2 is 2.40 bits per heavy atom. The molecule has 0 amide bonds. The zero-order valence-electron chi connectivity index (χ0n) is 14.4. The predicted molar refractivity (Wildman–Crippen MR) is 97.1 cm³/mol. The van der Waals surface area contributed by atoms with Gasteiger partial charge in [-0.3, -0.25) is 5.10 Å². The van der Waals surface area contributed by atoms with E-state index in [-0.39, 0.29) is 6.10 Å². The molecular formula is C17H22N4O3S. The molecule has 2 aromatic rings. The molecule has 25 heavy (non-hydrogen) atoms. The Morgan fingerprint density at radius 3 is 3.12 bits per heavy atom. The van der Waals surface area contributed by atoms with Gasteiger partial charge >= 0.3 is 0 Å². The third-order valence-corrected chi connectivity index (χ3v) is 4.15. The fraction of sp³-hybridized carbons (Fsp3) is 0.471. The molecule has 2 heterocycles. The van der Waals surface area contributed by atoms with Crippen LogP contribution in [0.2, 0.25) is 0 Å². The van der Waals surface area contributed by atoms with Crippen LogP contribution in [0.3, 0.4) is 0 Å². The molecule has 134 valence electrons. The van der Waals surface area contributed by atoms with Crippen molar-refractivity contribution in [1.82, 2.24) is 14.9 Å². The SMILES string of the molecule is CCCOc1c(/C=N\n2c(C3CCCO3)n[nH]c2=S)cccc1OC. The quantitative estimate of drug-likeness (QED) is 0.603. The van der Waals surface area contributed by atoms with Crippen molar-refractivity contribution >= 4 is 18.4 Å². The highest BCUT2D eigenvalue weighted by molar-refractivity contribution is 7.71. The number of benzene rings is 1. The second-order valence-corrected chi connectivity index (χ2v) is 6.06. The number of H-pyrrole nitrogens is 1. The Morgan fingerprint density at radius 1 is 1.52 bits per heavy atom. The highest BCUT2D eigenvalue weighted by Gasteiger charge is 2.23. The number of nitrogens with zero attached hydrogens (tertiary/aromatic N) is 3. The second kappa shape index (κ2) is 8.26.